The molecule has 17 aromatic rings. The van der Waals surface area contributed by atoms with E-state index in [2.05, 4.69) is 301 Å². The minimum atomic E-state index is -0.717. The smallest absolute Gasteiger partial charge is 0.104 e. The topological polar surface area (TPSA) is 56.4 Å². The van der Waals surface area contributed by atoms with E-state index in [-0.39, 0.29) is 0 Å². The highest BCUT2D eigenvalue weighted by Crippen LogP contribution is 2.65. The van der Waals surface area contributed by atoms with Crippen molar-refractivity contribution in [2.45, 2.75) is 33.1 Å². The normalized spacial score (nSPS) is 13.0. The zero-order chi connectivity index (χ0) is 59.1. The van der Waals surface area contributed by atoms with Crippen LogP contribution in [0, 0.1) is 39.0 Å². The average Bonchev–Trinajstić information content (AvgIpc) is 1.55. The van der Waals surface area contributed by atoms with Crippen LogP contribution in [0.25, 0.3) is 143 Å². The van der Waals surface area contributed by atoms with E-state index in [9.17, 15) is 5.26 Å². The molecule has 5 aromatic heterocycles. The molecule has 6 nitrogen and oxygen atoms in total. The summed E-state index contributed by atoms with van der Waals surface area (Å²) in [4.78, 5) is 5.64. The number of pyridine rings is 1. The second-order valence-electron chi connectivity index (χ2n) is 24.7. The van der Waals surface area contributed by atoms with Gasteiger partial charge in [-0.15, -0.1) is 0 Å². The highest BCUT2D eigenvalue weighted by molar-refractivity contribution is 6.18. The van der Waals surface area contributed by atoms with Crippen LogP contribution in [0.2, 0.25) is 0 Å². The van der Waals surface area contributed by atoms with Gasteiger partial charge in [-0.3, -0.25) is 4.98 Å². The summed E-state index contributed by atoms with van der Waals surface area (Å²) in [6.45, 7) is 8.73. The summed E-state index contributed by atoms with van der Waals surface area (Å²) in [7, 11) is 0. The number of hydrogen-bond donors (Lipinski definition) is 0. The van der Waals surface area contributed by atoms with E-state index in [1.807, 2.05) is 6.20 Å². The summed E-state index contributed by atoms with van der Waals surface area (Å²) in [5.41, 5.74) is 27.1. The number of nitriles is 1. The van der Waals surface area contributed by atoms with Gasteiger partial charge in [0.1, 0.15) is 11.6 Å². The quantitative estimate of drug-likeness (QED) is 0.172. The third-order valence-electron chi connectivity index (χ3n) is 19.9. The summed E-state index contributed by atoms with van der Waals surface area (Å²) in [6.07, 6.45) is 1.98. The van der Waals surface area contributed by atoms with Crippen LogP contribution < -0.4 is 0 Å². The molecule has 2 aliphatic rings. The van der Waals surface area contributed by atoms with Crippen LogP contribution in [-0.2, 0) is 5.41 Å². The summed E-state index contributed by atoms with van der Waals surface area (Å²) < 4.78 is 9.93. The Balaban J connectivity index is 1.16. The van der Waals surface area contributed by atoms with Gasteiger partial charge in [-0.1, -0.05) is 192 Å². The van der Waals surface area contributed by atoms with E-state index in [1.54, 1.807) is 0 Å². The van der Waals surface area contributed by atoms with Gasteiger partial charge in [-0.05, 0) is 146 Å². The Hall–Kier alpha value is -11.5. The molecule has 0 aliphatic heterocycles. The molecular weight excluding hydrogens is 1080 g/mol. The molecule has 6 heteroatoms. The van der Waals surface area contributed by atoms with Gasteiger partial charge in [-0.25, -0.2) is 0 Å². The molecule has 0 atom stereocenters. The molecule has 5 heterocycles. The lowest BCUT2D eigenvalue weighted by Crippen LogP contribution is -2.25. The zero-order valence-corrected chi connectivity index (χ0v) is 49.4. The van der Waals surface area contributed by atoms with Crippen LogP contribution in [0.15, 0.2) is 255 Å². The zero-order valence-electron chi connectivity index (χ0n) is 49.4. The molecule has 0 saturated carbocycles. The molecule has 12 aromatic carbocycles. The fourth-order valence-electron chi connectivity index (χ4n) is 16.4. The van der Waals surface area contributed by atoms with E-state index in [1.165, 1.54) is 38.9 Å². The van der Waals surface area contributed by atoms with Crippen molar-refractivity contribution in [2.75, 3.05) is 0 Å². The Morgan fingerprint density at radius 3 is 1.06 bits per heavy atom. The first-order chi connectivity index (χ1) is 43.8. The molecule has 0 amide bonds. The fourth-order valence-corrected chi connectivity index (χ4v) is 16.4. The SMILES string of the molecule is Cc1ccc2c(c1)c1ccccc1n2-c1c(C#N)c(-n2c3ccccc3c3cc(C)ccc32)c(-n2c3ccccc3c3cc(C)ccc32)c(-c2cccc3c2-c2ncccc2C32c3ccccc3-c3ccccc32)c1-n1c2ccccc2c2cc(C)ccc21. The predicted molar refractivity (Wildman–Crippen MR) is 367 cm³/mol. The molecule has 89 heavy (non-hydrogen) atoms. The van der Waals surface area contributed by atoms with Crippen molar-refractivity contribution in [3.8, 4) is 62.3 Å². The van der Waals surface area contributed by atoms with E-state index < -0.39 is 5.41 Å². The number of aromatic nitrogens is 5. The summed E-state index contributed by atoms with van der Waals surface area (Å²) >= 11 is 0. The van der Waals surface area contributed by atoms with Gasteiger partial charge in [-0.2, -0.15) is 5.26 Å². The first-order valence-electron chi connectivity index (χ1n) is 30.8. The summed E-state index contributed by atoms with van der Waals surface area (Å²) in [5.74, 6) is 0. The van der Waals surface area contributed by atoms with Crippen molar-refractivity contribution < 1.29 is 0 Å². The Morgan fingerprint density at radius 1 is 0.303 bits per heavy atom. The highest BCUT2D eigenvalue weighted by atomic mass is 15.1. The molecule has 416 valence electrons. The molecule has 19 rings (SSSR count). The molecule has 0 N–H and O–H groups in total. The summed E-state index contributed by atoms with van der Waals surface area (Å²) in [5, 5.41) is 22.3. The molecular formula is C83H54N6. The number of benzene rings is 12. The Kier molecular flexibility index (Phi) is 10.1. The Morgan fingerprint density at radius 2 is 0.640 bits per heavy atom. The second kappa shape index (κ2) is 18.0. The third-order valence-corrected chi connectivity index (χ3v) is 19.9. The summed E-state index contributed by atoms with van der Waals surface area (Å²) in [6, 6.07) is 95.4. The van der Waals surface area contributed by atoms with Crippen LogP contribution in [0.4, 0.5) is 0 Å². The van der Waals surface area contributed by atoms with Gasteiger partial charge < -0.3 is 18.3 Å². The van der Waals surface area contributed by atoms with E-state index >= 15 is 0 Å². The molecule has 2 aliphatic carbocycles. The predicted octanol–water partition coefficient (Wildman–Crippen LogP) is 20.6. The van der Waals surface area contributed by atoms with E-state index in [0.717, 1.165) is 149 Å². The van der Waals surface area contributed by atoms with Crippen molar-refractivity contribution in [1.29, 1.82) is 5.26 Å². The first kappa shape index (κ1) is 49.7. The minimum absolute atomic E-state index is 0.530. The number of para-hydroxylation sites is 4. The van der Waals surface area contributed by atoms with E-state index in [4.69, 9.17) is 4.98 Å². The maximum atomic E-state index is 13.3. The first-order valence-corrected chi connectivity index (χ1v) is 30.8. The van der Waals surface area contributed by atoms with Crippen LogP contribution in [0.1, 0.15) is 50.1 Å². The molecule has 0 unspecified atom stereocenters. The molecule has 0 bridgehead atoms. The van der Waals surface area contributed by atoms with Crippen LogP contribution in [-0.4, -0.2) is 23.3 Å². The monoisotopic (exact) mass is 1130 g/mol. The van der Waals surface area contributed by atoms with Gasteiger partial charge >= 0.3 is 0 Å². The van der Waals surface area contributed by atoms with Crippen molar-refractivity contribution in [2.24, 2.45) is 0 Å². The second-order valence-corrected chi connectivity index (χ2v) is 24.7. The fraction of sp³-hybridized carbons (Fsp3) is 0.0602. The van der Waals surface area contributed by atoms with Crippen molar-refractivity contribution in [3.63, 3.8) is 0 Å². The van der Waals surface area contributed by atoms with E-state index in [0.29, 0.717) is 5.56 Å². The van der Waals surface area contributed by atoms with Gasteiger partial charge in [0.05, 0.1) is 78.0 Å². The van der Waals surface area contributed by atoms with Gasteiger partial charge in [0.2, 0.25) is 0 Å². The Bertz CT molecular complexity index is 5760. The number of nitrogens with zero attached hydrogens (tertiary/aromatic N) is 6. The van der Waals surface area contributed by atoms with Crippen LogP contribution in [0.5, 0.6) is 0 Å². The minimum Gasteiger partial charge on any atom is -0.306 e. The van der Waals surface area contributed by atoms with Crippen LogP contribution >= 0.6 is 0 Å². The average molecular weight is 1140 g/mol. The number of hydrogen-bond acceptors (Lipinski definition) is 2. The van der Waals surface area contributed by atoms with Crippen molar-refractivity contribution in [1.82, 2.24) is 23.3 Å². The largest absolute Gasteiger partial charge is 0.306 e. The lowest BCUT2D eigenvalue weighted by molar-refractivity contribution is 0.791. The standard InChI is InChI=1S/C83H54N6/c1-48-34-38-72-59(43-48)54-21-7-13-30-68(54)86(72)79-63(47-84)80(87-69-31-14-8-22-55(69)60-44-49(2)35-39-73(60)87)82(89-71-33-16-10-24-57(71)62-46-51(4)37-41-75(62)89)77(81(79)88-70-32-15-9-23-56(70)61-45-50(3)36-40-74(61)88)58-25-17-28-66-76(58)78-67(29-18-42-85-78)83(66)64-26-11-5-19-52(64)53-20-6-12-27-65(53)83/h5-46H,1-4H3. The number of fused-ring (bicyclic) bond motifs is 22. The van der Waals surface area contributed by atoms with Gasteiger partial charge in [0.15, 0.2) is 0 Å². The van der Waals surface area contributed by atoms with Gasteiger partial charge in [0.25, 0.3) is 0 Å². The maximum Gasteiger partial charge on any atom is 0.104 e. The van der Waals surface area contributed by atoms with Crippen LogP contribution in [0.3, 0.4) is 0 Å². The highest BCUT2D eigenvalue weighted by Gasteiger charge is 2.53. The van der Waals surface area contributed by atoms with Gasteiger partial charge in [0, 0.05) is 60.4 Å². The molecule has 0 saturated heterocycles. The number of aryl methyl sites for hydroxylation is 4. The lowest BCUT2D eigenvalue weighted by Gasteiger charge is -2.31. The van der Waals surface area contributed by atoms with Crippen molar-refractivity contribution in [3.05, 3.63) is 305 Å². The molecule has 0 radical (unpaired) electrons. The number of rotatable bonds is 5. The third kappa shape index (κ3) is 6.40. The van der Waals surface area contributed by atoms with Crippen molar-refractivity contribution >= 4 is 87.2 Å². The molecule has 1 spiro atoms. The Labute approximate surface area is 513 Å². The molecule has 0 fully saturated rings. The lowest BCUT2D eigenvalue weighted by atomic mass is 9.70. The maximum absolute atomic E-state index is 13.3.